The van der Waals surface area contributed by atoms with E-state index < -0.39 is 12.0 Å². The summed E-state index contributed by atoms with van der Waals surface area (Å²) in [4.78, 5) is 15.9. The first-order valence-corrected chi connectivity index (χ1v) is 8.70. The van der Waals surface area contributed by atoms with Crippen molar-refractivity contribution in [1.29, 1.82) is 0 Å². The van der Waals surface area contributed by atoms with Crippen LogP contribution >= 0.6 is 0 Å². The van der Waals surface area contributed by atoms with Gasteiger partial charge >= 0.3 is 5.97 Å². The predicted molar refractivity (Wildman–Crippen MR) is 104 cm³/mol. The molecule has 0 radical (unpaired) electrons. The Kier molecular flexibility index (Phi) is 4.35. The molecule has 0 bridgehead atoms. The third-order valence-corrected chi connectivity index (χ3v) is 4.68. The van der Waals surface area contributed by atoms with Gasteiger partial charge in [0.15, 0.2) is 0 Å². The molecule has 4 rings (SSSR count). The standard InChI is InChI=1S/C20H19BN2O3/c21-14-6-3-5-12(8-14)16-9-13-4-1-2-7-17(13)23-19(16)26-15-10-18(20(24)25)22-11-15/h1-9,15,18,22H,10-11,21H2,(H,24,25)/t15-,18+/m1/s1. The number of nitrogens with zero attached hydrogens (tertiary/aromatic N) is 1. The van der Waals surface area contributed by atoms with E-state index >= 15 is 0 Å². The molecule has 0 saturated carbocycles. The monoisotopic (exact) mass is 346 g/mol. The molecule has 0 amide bonds. The molecule has 5 nitrogen and oxygen atoms in total. The number of carboxylic acid groups (broad SMARTS) is 1. The molecule has 2 atom stereocenters. The molecule has 1 aliphatic rings. The van der Waals surface area contributed by atoms with Crippen molar-refractivity contribution in [3.8, 4) is 17.0 Å². The Balaban J connectivity index is 1.74. The van der Waals surface area contributed by atoms with E-state index in [4.69, 9.17) is 14.8 Å². The van der Waals surface area contributed by atoms with Crippen LogP contribution in [0.3, 0.4) is 0 Å². The van der Waals surface area contributed by atoms with Crippen molar-refractivity contribution in [2.75, 3.05) is 6.54 Å². The van der Waals surface area contributed by atoms with Gasteiger partial charge in [-0.25, -0.2) is 4.98 Å². The van der Waals surface area contributed by atoms with Gasteiger partial charge in [0.25, 0.3) is 0 Å². The number of fused-ring (bicyclic) bond motifs is 1. The molecule has 1 aromatic heterocycles. The van der Waals surface area contributed by atoms with Crippen molar-refractivity contribution in [2.45, 2.75) is 18.6 Å². The zero-order valence-corrected chi connectivity index (χ0v) is 14.5. The van der Waals surface area contributed by atoms with Crippen LogP contribution in [0.15, 0.2) is 54.6 Å². The maximum Gasteiger partial charge on any atom is 0.320 e. The molecule has 0 aliphatic carbocycles. The zero-order valence-electron chi connectivity index (χ0n) is 14.5. The molecule has 0 unspecified atom stereocenters. The molecule has 26 heavy (non-hydrogen) atoms. The van der Waals surface area contributed by atoms with Gasteiger partial charge in [0.2, 0.25) is 5.88 Å². The van der Waals surface area contributed by atoms with Gasteiger partial charge in [-0.1, -0.05) is 47.9 Å². The molecule has 1 fully saturated rings. The number of ether oxygens (including phenoxy) is 1. The van der Waals surface area contributed by atoms with Gasteiger partial charge < -0.3 is 15.2 Å². The highest BCUT2D eigenvalue weighted by molar-refractivity contribution is 6.32. The van der Waals surface area contributed by atoms with E-state index in [1.807, 2.05) is 36.4 Å². The lowest BCUT2D eigenvalue weighted by Crippen LogP contribution is -2.30. The number of benzene rings is 2. The van der Waals surface area contributed by atoms with Crippen LogP contribution in [-0.4, -0.2) is 42.6 Å². The maximum absolute atomic E-state index is 11.2. The first-order chi connectivity index (χ1) is 12.6. The Hall–Kier alpha value is -2.86. The highest BCUT2D eigenvalue weighted by atomic mass is 16.5. The predicted octanol–water partition coefficient (Wildman–Crippen LogP) is 1.35. The van der Waals surface area contributed by atoms with Crippen molar-refractivity contribution in [3.05, 3.63) is 54.6 Å². The Morgan fingerprint density at radius 2 is 2.04 bits per heavy atom. The molecular weight excluding hydrogens is 327 g/mol. The summed E-state index contributed by atoms with van der Waals surface area (Å²) in [6, 6.07) is 17.7. The largest absolute Gasteiger partial charge is 0.480 e. The van der Waals surface area contributed by atoms with Crippen LogP contribution in [0.4, 0.5) is 0 Å². The normalized spacial score (nSPS) is 19.5. The molecular formula is C20H19BN2O3. The number of pyridine rings is 1. The number of carbonyl (C=O) groups is 1. The first kappa shape index (κ1) is 16.6. The van der Waals surface area contributed by atoms with Crippen LogP contribution < -0.4 is 15.5 Å². The molecule has 2 N–H and O–H groups in total. The molecule has 0 spiro atoms. The van der Waals surface area contributed by atoms with Crippen molar-refractivity contribution in [3.63, 3.8) is 0 Å². The van der Waals surface area contributed by atoms with Crippen LogP contribution in [-0.2, 0) is 4.79 Å². The van der Waals surface area contributed by atoms with Crippen LogP contribution in [0.5, 0.6) is 5.88 Å². The molecule has 1 aliphatic heterocycles. The lowest BCUT2D eigenvalue weighted by molar-refractivity contribution is -0.139. The number of para-hydroxylation sites is 1. The lowest BCUT2D eigenvalue weighted by Gasteiger charge is -2.16. The van der Waals surface area contributed by atoms with Crippen LogP contribution in [0.2, 0.25) is 0 Å². The number of nitrogens with one attached hydrogen (secondary N) is 1. The van der Waals surface area contributed by atoms with E-state index in [9.17, 15) is 4.79 Å². The molecule has 3 aromatic rings. The molecule has 2 aromatic carbocycles. The average Bonchev–Trinajstić information content (AvgIpc) is 3.10. The van der Waals surface area contributed by atoms with E-state index in [1.54, 1.807) is 0 Å². The Morgan fingerprint density at radius 3 is 2.81 bits per heavy atom. The van der Waals surface area contributed by atoms with Gasteiger partial charge in [-0.15, -0.1) is 0 Å². The zero-order chi connectivity index (χ0) is 18.1. The number of carboxylic acids is 1. The van der Waals surface area contributed by atoms with Crippen molar-refractivity contribution in [2.24, 2.45) is 0 Å². The van der Waals surface area contributed by atoms with Crippen molar-refractivity contribution in [1.82, 2.24) is 10.3 Å². The lowest BCUT2D eigenvalue weighted by atomic mass is 9.92. The first-order valence-electron chi connectivity index (χ1n) is 8.70. The molecule has 1 saturated heterocycles. The van der Waals surface area contributed by atoms with Crippen LogP contribution in [0.25, 0.3) is 22.0 Å². The number of aliphatic carboxylic acids is 1. The minimum absolute atomic E-state index is 0.215. The van der Waals surface area contributed by atoms with E-state index in [2.05, 4.69) is 31.4 Å². The topological polar surface area (TPSA) is 71.5 Å². The van der Waals surface area contributed by atoms with Crippen molar-refractivity contribution >= 4 is 30.2 Å². The van der Waals surface area contributed by atoms with Crippen molar-refractivity contribution < 1.29 is 14.6 Å². The highest BCUT2D eigenvalue weighted by Gasteiger charge is 2.31. The number of hydrogen-bond donors (Lipinski definition) is 2. The fraction of sp³-hybridized carbons (Fsp3) is 0.200. The van der Waals surface area contributed by atoms with Gasteiger partial charge in [-0.05, 0) is 17.7 Å². The van der Waals surface area contributed by atoms with Crippen LogP contribution in [0.1, 0.15) is 6.42 Å². The summed E-state index contributed by atoms with van der Waals surface area (Å²) in [5.74, 6) is -0.298. The highest BCUT2D eigenvalue weighted by Crippen LogP contribution is 2.32. The third kappa shape index (κ3) is 3.28. The summed E-state index contributed by atoms with van der Waals surface area (Å²) in [7, 11) is 2.05. The Labute approximate surface area is 152 Å². The van der Waals surface area contributed by atoms with E-state index in [0.29, 0.717) is 18.8 Å². The average molecular weight is 346 g/mol. The second kappa shape index (κ2) is 6.80. The van der Waals surface area contributed by atoms with E-state index in [0.717, 1.165) is 27.5 Å². The number of hydrogen-bond acceptors (Lipinski definition) is 4. The van der Waals surface area contributed by atoms with Gasteiger partial charge in [-0.3, -0.25) is 4.79 Å². The van der Waals surface area contributed by atoms with Gasteiger partial charge in [-0.2, -0.15) is 0 Å². The second-order valence-electron chi connectivity index (χ2n) is 6.68. The van der Waals surface area contributed by atoms with Crippen LogP contribution in [0, 0.1) is 0 Å². The summed E-state index contributed by atoms with van der Waals surface area (Å²) < 4.78 is 6.15. The molecule has 130 valence electrons. The third-order valence-electron chi connectivity index (χ3n) is 4.68. The molecule has 6 heteroatoms. The Morgan fingerprint density at radius 1 is 1.19 bits per heavy atom. The second-order valence-corrected chi connectivity index (χ2v) is 6.68. The quantitative estimate of drug-likeness (QED) is 0.698. The minimum Gasteiger partial charge on any atom is -0.480 e. The fourth-order valence-electron chi connectivity index (χ4n) is 3.35. The number of aromatic nitrogens is 1. The number of rotatable bonds is 4. The van der Waals surface area contributed by atoms with Gasteiger partial charge in [0.05, 0.1) is 5.52 Å². The Bertz CT molecular complexity index is 976. The minimum atomic E-state index is -0.846. The fourth-order valence-corrected chi connectivity index (χ4v) is 3.35. The SMILES string of the molecule is Bc1cccc(-c2cc3ccccc3nc2O[C@H]2CN[C@H](C(=O)O)C2)c1. The summed E-state index contributed by atoms with van der Waals surface area (Å²) in [5, 5.41) is 13.2. The molecule has 2 heterocycles. The smallest absolute Gasteiger partial charge is 0.320 e. The van der Waals surface area contributed by atoms with Gasteiger partial charge in [0, 0.05) is 23.9 Å². The van der Waals surface area contributed by atoms with E-state index in [1.165, 1.54) is 0 Å². The summed E-state index contributed by atoms with van der Waals surface area (Å²) >= 11 is 0. The summed E-state index contributed by atoms with van der Waals surface area (Å²) in [5.41, 5.74) is 3.99. The summed E-state index contributed by atoms with van der Waals surface area (Å²) in [6.07, 6.45) is 0.213. The maximum atomic E-state index is 11.2. The van der Waals surface area contributed by atoms with E-state index in [-0.39, 0.29) is 6.10 Å². The summed E-state index contributed by atoms with van der Waals surface area (Å²) in [6.45, 7) is 0.499. The van der Waals surface area contributed by atoms with Gasteiger partial charge in [0.1, 0.15) is 20.0 Å².